The quantitative estimate of drug-likeness (QED) is 0.777. The molecule has 2 N–H and O–H groups in total. The molecule has 1 aliphatic heterocycles. The van der Waals surface area contributed by atoms with Gasteiger partial charge in [0.15, 0.2) is 0 Å². The summed E-state index contributed by atoms with van der Waals surface area (Å²) in [5.41, 5.74) is -0.114. The first kappa shape index (κ1) is 11.8. The number of nitrogens with one attached hydrogen (secondary N) is 1. The number of hydrogen-bond donors (Lipinski definition) is 2. The summed E-state index contributed by atoms with van der Waals surface area (Å²) in [5, 5.41) is 22.5. The van der Waals surface area contributed by atoms with E-state index in [0.717, 1.165) is 23.0 Å². The Morgan fingerprint density at radius 2 is 2.31 bits per heavy atom. The molecule has 0 unspecified atom stereocenters. The first-order valence-corrected chi connectivity index (χ1v) is 6.34. The summed E-state index contributed by atoms with van der Waals surface area (Å²) >= 11 is 1.59. The van der Waals surface area contributed by atoms with Crippen LogP contribution < -0.4 is 5.32 Å². The molecule has 1 fully saturated rings. The third kappa shape index (κ3) is 2.50. The molecule has 0 radical (unpaired) electrons. The largest absolute Gasteiger partial charge is 0.396 e. The van der Waals surface area contributed by atoms with Crippen molar-refractivity contribution < 1.29 is 9.84 Å². The van der Waals surface area contributed by atoms with E-state index >= 15 is 0 Å². The standard InChI is InChI=1S/C10H17N3O2S/c1-2-3-8-12-13-9(16-8)11-4-10(5-14)6-15-7-10/h14H,2-7H2,1H3,(H,11,13). The zero-order valence-corrected chi connectivity index (χ0v) is 10.2. The fourth-order valence-corrected chi connectivity index (χ4v) is 2.38. The molecule has 0 amide bonds. The monoisotopic (exact) mass is 243 g/mol. The number of ether oxygens (including phenoxy) is 1. The van der Waals surface area contributed by atoms with Gasteiger partial charge in [-0.25, -0.2) is 0 Å². The SMILES string of the molecule is CCCc1nnc(NCC2(CO)COC2)s1. The molecule has 0 spiro atoms. The lowest BCUT2D eigenvalue weighted by Crippen LogP contribution is -2.50. The van der Waals surface area contributed by atoms with Crippen molar-refractivity contribution in [3.63, 3.8) is 0 Å². The van der Waals surface area contributed by atoms with Gasteiger partial charge < -0.3 is 15.2 Å². The summed E-state index contributed by atoms with van der Waals surface area (Å²) in [6.45, 7) is 4.22. The van der Waals surface area contributed by atoms with Gasteiger partial charge in [-0.05, 0) is 6.42 Å². The van der Waals surface area contributed by atoms with Crippen LogP contribution in [-0.2, 0) is 11.2 Å². The van der Waals surface area contributed by atoms with Crippen molar-refractivity contribution in [2.75, 3.05) is 31.7 Å². The summed E-state index contributed by atoms with van der Waals surface area (Å²) in [4.78, 5) is 0. The molecule has 0 bridgehead atoms. The number of aliphatic hydroxyl groups is 1. The molecular formula is C10H17N3O2S. The molecule has 2 heterocycles. The van der Waals surface area contributed by atoms with Crippen LogP contribution in [0.15, 0.2) is 0 Å². The van der Waals surface area contributed by atoms with Crippen LogP contribution in [-0.4, -0.2) is 41.7 Å². The van der Waals surface area contributed by atoms with Gasteiger partial charge in [-0.15, -0.1) is 10.2 Å². The first-order valence-electron chi connectivity index (χ1n) is 5.53. The van der Waals surface area contributed by atoms with Gasteiger partial charge >= 0.3 is 0 Å². The first-order chi connectivity index (χ1) is 7.78. The summed E-state index contributed by atoms with van der Waals surface area (Å²) in [5.74, 6) is 0. The molecule has 1 aliphatic rings. The average molecular weight is 243 g/mol. The highest BCUT2D eigenvalue weighted by Gasteiger charge is 2.38. The number of aliphatic hydroxyl groups excluding tert-OH is 1. The molecule has 1 aromatic rings. The number of rotatable bonds is 6. The summed E-state index contributed by atoms with van der Waals surface area (Å²) in [6, 6.07) is 0. The summed E-state index contributed by atoms with van der Waals surface area (Å²) in [6.07, 6.45) is 2.07. The molecule has 16 heavy (non-hydrogen) atoms. The van der Waals surface area contributed by atoms with Crippen molar-refractivity contribution in [1.82, 2.24) is 10.2 Å². The lowest BCUT2D eigenvalue weighted by atomic mass is 9.87. The Hall–Kier alpha value is -0.720. The summed E-state index contributed by atoms with van der Waals surface area (Å²) in [7, 11) is 0. The highest BCUT2D eigenvalue weighted by atomic mass is 32.1. The van der Waals surface area contributed by atoms with E-state index < -0.39 is 0 Å². The molecule has 2 rings (SSSR count). The maximum absolute atomic E-state index is 9.25. The number of aryl methyl sites for hydroxylation is 1. The number of nitrogens with zero attached hydrogens (tertiary/aromatic N) is 2. The third-order valence-electron chi connectivity index (χ3n) is 2.70. The Balaban J connectivity index is 1.84. The van der Waals surface area contributed by atoms with E-state index in [1.165, 1.54) is 0 Å². The van der Waals surface area contributed by atoms with Gasteiger partial charge in [0.1, 0.15) is 5.01 Å². The summed E-state index contributed by atoms with van der Waals surface area (Å²) < 4.78 is 5.13. The molecule has 1 saturated heterocycles. The van der Waals surface area contributed by atoms with Crippen molar-refractivity contribution >= 4 is 16.5 Å². The van der Waals surface area contributed by atoms with Crippen LogP contribution in [0.3, 0.4) is 0 Å². The van der Waals surface area contributed by atoms with Gasteiger partial charge in [0.2, 0.25) is 5.13 Å². The minimum absolute atomic E-state index is 0.114. The molecule has 6 heteroatoms. The van der Waals surface area contributed by atoms with E-state index in [1.54, 1.807) is 11.3 Å². The molecule has 0 aromatic carbocycles. The van der Waals surface area contributed by atoms with Crippen molar-refractivity contribution in [2.24, 2.45) is 5.41 Å². The van der Waals surface area contributed by atoms with Crippen molar-refractivity contribution in [3.8, 4) is 0 Å². The smallest absolute Gasteiger partial charge is 0.205 e. The zero-order chi connectivity index (χ0) is 11.4. The molecule has 0 atom stereocenters. The van der Waals surface area contributed by atoms with Crippen molar-refractivity contribution in [1.29, 1.82) is 0 Å². The Morgan fingerprint density at radius 3 is 2.88 bits per heavy atom. The Bertz CT molecular complexity index is 333. The normalized spacial score (nSPS) is 18.1. The lowest BCUT2D eigenvalue weighted by Gasteiger charge is -2.39. The van der Waals surface area contributed by atoms with Gasteiger partial charge in [-0.2, -0.15) is 0 Å². The van der Waals surface area contributed by atoms with Gasteiger partial charge in [-0.1, -0.05) is 18.3 Å². The molecule has 5 nitrogen and oxygen atoms in total. The average Bonchev–Trinajstić information content (AvgIpc) is 2.66. The second-order valence-electron chi connectivity index (χ2n) is 4.26. The Labute approximate surface area is 98.9 Å². The van der Waals surface area contributed by atoms with Gasteiger partial charge in [0, 0.05) is 13.0 Å². The Kier molecular flexibility index (Phi) is 3.73. The highest BCUT2D eigenvalue weighted by molar-refractivity contribution is 7.15. The second-order valence-corrected chi connectivity index (χ2v) is 5.32. The van der Waals surface area contributed by atoms with Crippen LogP contribution >= 0.6 is 11.3 Å². The predicted molar refractivity (Wildman–Crippen MR) is 62.7 cm³/mol. The van der Waals surface area contributed by atoms with Crippen LogP contribution in [0.4, 0.5) is 5.13 Å². The van der Waals surface area contributed by atoms with Crippen LogP contribution in [0.5, 0.6) is 0 Å². The van der Waals surface area contributed by atoms with Crippen LogP contribution in [0, 0.1) is 5.41 Å². The minimum Gasteiger partial charge on any atom is -0.396 e. The number of aromatic nitrogens is 2. The maximum Gasteiger partial charge on any atom is 0.205 e. The van der Waals surface area contributed by atoms with E-state index in [1.807, 2.05) is 0 Å². The van der Waals surface area contributed by atoms with Crippen molar-refractivity contribution in [2.45, 2.75) is 19.8 Å². The topological polar surface area (TPSA) is 67.3 Å². The molecule has 0 aliphatic carbocycles. The Morgan fingerprint density at radius 1 is 1.50 bits per heavy atom. The molecule has 1 aromatic heterocycles. The zero-order valence-electron chi connectivity index (χ0n) is 9.40. The van der Waals surface area contributed by atoms with Gasteiger partial charge in [-0.3, -0.25) is 0 Å². The number of hydrogen-bond acceptors (Lipinski definition) is 6. The highest BCUT2D eigenvalue weighted by Crippen LogP contribution is 2.27. The third-order valence-corrected chi connectivity index (χ3v) is 3.64. The van der Waals surface area contributed by atoms with Crippen LogP contribution in [0.2, 0.25) is 0 Å². The van der Waals surface area contributed by atoms with Gasteiger partial charge in [0.25, 0.3) is 0 Å². The molecule has 90 valence electrons. The van der Waals surface area contributed by atoms with Crippen LogP contribution in [0.25, 0.3) is 0 Å². The van der Waals surface area contributed by atoms with Crippen molar-refractivity contribution in [3.05, 3.63) is 5.01 Å². The van der Waals surface area contributed by atoms with E-state index in [2.05, 4.69) is 22.4 Å². The van der Waals surface area contributed by atoms with E-state index in [-0.39, 0.29) is 12.0 Å². The molecule has 0 saturated carbocycles. The second kappa shape index (κ2) is 5.07. The minimum atomic E-state index is -0.114. The maximum atomic E-state index is 9.25. The number of anilines is 1. The van der Waals surface area contributed by atoms with E-state index in [9.17, 15) is 5.11 Å². The molecular weight excluding hydrogens is 226 g/mol. The predicted octanol–water partition coefficient (Wildman–Crippen LogP) is 0.911. The van der Waals surface area contributed by atoms with E-state index in [4.69, 9.17) is 4.74 Å². The van der Waals surface area contributed by atoms with Gasteiger partial charge in [0.05, 0.1) is 25.2 Å². The lowest BCUT2D eigenvalue weighted by molar-refractivity contribution is -0.128. The van der Waals surface area contributed by atoms with E-state index in [0.29, 0.717) is 19.8 Å². The fourth-order valence-electron chi connectivity index (χ4n) is 1.54. The fraction of sp³-hybridized carbons (Fsp3) is 0.800. The van der Waals surface area contributed by atoms with Crippen LogP contribution in [0.1, 0.15) is 18.4 Å².